The molecule has 5 atom stereocenters. The normalized spacial score (nSPS) is 29.2. The van der Waals surface area contributed by atoms with Crippen molar-refractivity contribution in [3.05, 3.63) is 5.82 Å². The average molecular weight is 438 g/mol. The predicted octanol–water partition coefficient (Wildman–Crippen LogP) is 0.138. The number of carbonyl (C=O) groups excluding carboxylic acids is 3. The van der Waals surface area contributed by atoms with Crippen LogP contribution in [-0.2, 0) is 30.3 Å². The lowest BCUT2D eigenvalue weighted by Crippen LogP contribution is -2.51. The van der Waals surface area contributed by atoms with Crippen molar-refractivity contribution in [3.63, 3.8) is 0 Å². The van der Waals surface area contributed by atoms with Crippen LogP contribution in [0.4, 0.5) is 0 Å². The van der Waals surface area contributed by atoms with Gasteiger partial charge < -0.3 is 20.1 Å². The summed E-state index contributed by atoms with van der Waals surface area (Å²) in [4.78, 5) is 36.1. The number of aromatic nitrogens is 4. The minimum Gasteiger partial charge on any atom is -0.464 e. The Morgan fingerprint density at radius 2 is 2.10 bits per heavy atom. The van der Waals surface area contributed by atoms with Gasteiger partial charge in [-0.05, 0) is 56.9 Å². The van der Waals surface area contributed by atoms with E-state index in [0.717, 1.165) is 32.1 Å². The molecule has 1 saturated carbocycles. The molecule has 1 aliphatic carbocycles. The number of carbonyl (C=O) groups is 3. The number of rotatable bonds is 9. The first-order valence-electron chi connectivity index (χ1n) is 11.4. The average Bonchev–Trinajstić information content (AvgIpc) is 3.28. The molecule has 2 aliphatic rings. The monoisotopic (exact) mass is 437 g/mol. The van der Waals surface area contributed by atoms with Crippen molar-refractivity contribution in [2.24, 2.45) is 17.8 Å². The second-order valence-electron chi connectivity index (χ2n) is 8.23. The molecule has 1 aliphatic heterocycles. The Labute approximate surface area is 182 Å². The van der Waals surface area contributed by atoms with Crippen LogP contribution in [0.25, 0.3) is 0 Å². The molecule has 3 N–H and O–H groups in total. The number of fused-ring (bicyclic) bond motifs is 1. The predicted molar refractivity (Wildman–Crippen MR) is 108 cm³/mol. The van der Waals surface area contributed by atoms with Crippen LogP contribution in [0.15, 0.2) is 0 Å². The van der Waals surface area contributed by atoms with E-state index in [1.54, 1.807) is 6.92 Å². The van der Waals surface area contributed by atoms with Crippen molar-refractivity contribution in [2.75, 3.05) is 19.8 Å². The minimum absolute atomic E-state index is 0.143. The number of H-pyrrole nitrogens is 1. The quantitative estimate of drug-likeness (QED) is 0.459. The topological polar surface area (TPSA) is 148 Å². The highest BCUT2D eigenvalue weighted by Crippen LogP contribution is 2.40. The second-order valence-corrected chi connectivity index (χ2v) is 8.23. The van der Waals surface area contributed by atoms with E-state index in [4.69, 9.17) is 10.8 Å². The lowest BCUT2D eigenvalue weighted by molar-refractivity contribution is -0.155. The summed E-state index contributed by atoms with van der Waals surface area (Å²) in [5, 5.41) is 19.5. The molecule has 2 fully saturated rings. The largest absolute Gasteiger partial charge is 0.464 e. The van der Waals surface area contributed by atoms with E-state index < -0.39 is 29.9 Å². The zero-order valence-corrected chi connectivity index (χ0v) is 18.1. The molecule has 0 spiro atoms. The minimum atomic E-state index is -1.58. The van der Waals surface area contributed by atoms with E-state index in [1.165, 1.54) is 6.92 Å². The second kappa shape index (κ2) is 11.2. The highest BCUT2D eigenvalue weighted by molar-refractivity contribution is 5.84. The molecule has 0 aromatic carbocycles. The van der Waals surface area contributed by atoms with Crippen molar-refractivity contribution < 1.29 is 25.2 Å². The van der Waals surface area contributed by atoms with Gasteiger partial charge in [0.1, 0.15) is 12.6 Å². The van der Waals surface area contributed by atoms with Crippen molar-refractivity contribution >= 4 is 17.8 Å². The van der Waals surface area contributed by atoms with Crippen molar-refractivity contribution in [3.8, 4) is 0 Å². The summed E-state index contributed by atoms with van der Waals surface area (Å²) >= 11 is 0. The molecule has 1 amide bonds. The number of hydrogen-bond acceptors (Lipinski definition) is 9. The molecule has 0 unspecified atom stereocenters. The highest BCUT2D eigenvalue weighted by atomic mass is 16.6. The van der Waals surface area contributed by atoms with Gasteiger partial charge in [0.25, 0.3) is 0 Å². The van der Waals surface area contributed by atoms with Gasteiger partial charge >= 0.3 is 11.9 Å². The Bertz CT molecular complexity index is 793. The molecular weight excluding hydrogens is 404 g/mol. The van der Waals surface area contributed by atoms with Crippen LogP contribution < -0.4 is 10.6 Å². The molecule has 31 heavy (non-hydrogen) atoms. The number of ether oxygens (including phenoxy) is 2. The molecule has 0 bridgehead atoms. The third kappa shape index (κ3) is 6.71. The van der Waals surface area contributed by atoms with Crippen LogP contribution in [-0.4, -0.2) is 70.3 Å². The SMILES string of the molecule is [2H][C@@]1(C(=O)OC[C@H](NC(C)=O)C(=O)OCC)C[C@H]2C[C@@H](CCc3nn[nH]n3)CC[C@H]2CN1. The highest BCUT2D eigenvalue weighted by Gasteiger charge is 2.38. The van der Waals surface area contributed by atoms with Crippen molar-refractivity contribution in [1.29, 1.82) is 0 Å². The summed E-state index contributed by atoms with van der Waals surface area (Å²) in [7, 11) is 0. The molecule has 11 heteroatoms. The van der Waals surface area contributed by atoms with Crippen LogP contribution in [0.5, 0.6) is 0 Å². The Kier molecular flexibility index (Phi) is 7.81. The van der Waals surface area contributed by atoms with Gasteiger partial charge in [0.05, 0.1) is 7.98 Å². The molecule has 2 heterocycles. The van der Waals surface area contributed by atoms with Crippen molar-refractivity contribution in [2.45, 2.75) is 64.4 Å². The number of nitrogens with zero attached hydrogens (tertiary/aromatic N) is 3. The van der Waals surface area contributed by atoms with Gasteiger partial charge in [-0.1, -0.05) is 11.6 Å². The Morgan fingerprint density at radius 1 is 1.26 bits per heavy atom. The van der Waals surface area contributed by atoms with Gasteiger partial charge in [-0.25, -0.2) is 4.79 Å². The van der Waals surface area contributed by atoms with Crippen LogP contribution >= 0.6 is 0 Å². The number of hydrogen-bond donors (Lipinski definition) is 3. The summed E-state index contributed by atoms with van der Waals surface area (Å²) in [5.74, 6) is -0.0111. The maximum atomic E-state index is 12.8. The molecule has 1 saturated heterocycles. The lowest BCUT2D eigenvalue weighted by Gasteiger charge is -2.42. The van der Waals surface area contributed by atoms with Crippen molar-refractivity contribution in [1.82, 2.24) is 31.3 Å². The zero-order valence-electron chi connectivity index (χ0n) is 19.1. The first kappa shape index (κ1) is 21.7. The summed E-state index contributed by atoms with van der Waals surface area (Å²) in [6.45, 7) is 3.26. The molecule has 11 nitrogen and oxygen atoms in total. The summed E-state index contributed by atoms with van der Waals surface area (Å²) < 4.78 is 18.9. The molecule has 3 rings (SSSR count). The molecule has 1 aromatic heterocycles. The van der Waals surface area contributed by atoms with E-state index in [0.29, 0.717) is 30.6 Å². The number of aromatic amines is 1. The Morgan fingerprint density at radius 3 is 2.81 bits per heavy atom. The Balaban J connectivity index is 1.53. The number of aryl methyl sites for hydroxylation is 1. The van der Waals surface area contributed by atoms with Crippen LogP contribution in [0.2, 0.25) is 0 Å². The van der Waals surface area contributed by atoms with E-state index in [9.17, 15) is 14.4 Å². The molecule has 1 aromatic rings. The van der Waals surface area contributed by atoms with E-state index in [1.807, 2.05) is 0 Å². The molecule has 0 radical (unpaired) electrons. The van der Waals surface area contributed by atoms with Gasteiger partial charge in [0.2, 0.25) is 5.91 Å². The lowest BCUT2D eigenvalue weighted by atomic mass is 9.69. The fourth-order valence-corrected chi connectivity index (χ4v) is 4.47. The van der Waals surface area contributed by atoms with Gasteiger partial charge in [-0.2, -0.15) is 5.21 Å². The van der Waals surface area contributed by atoms with E-state index >= 15 is 0 Å². The number of nitrogens with one attached hydrogen (secondary N) is 3. The van der Waals surface area contributed by atoms with Crippen LogP contribution in [0, 0.1) is 17.8 Å². The third-order valence-electron chi connectivity index (χ3n) is 6.03. The third-order valence-corrected chi connectivity index (χ3v) is 6.03. The number of tetrazole rings is 1. The van der Waals surface area contributed by atoms with E-state index in [-0.39, 0.29) is 19.1 Å². The fourth-order valence-electron chi connectivity index (χ4n) is 4.47. The first-order chi connectivity index (χ1) is 15.3. The van der Waals surface area contributed by atoms with Gasteiger partial charge in [0, 0.05) is 13.3 Å². The first-order valence-corrected chi connectivity index (χ1v) is 10.9. The summed E-state index contributed by atoms with van der Waals surface area (Å²) in [6.07, 6.45) is 5.14. The molecular formula is C20H32N6O5. The maximum Gasteiger partial charge on any atom is 0.332 e. The smallest absolute Gasteiger partial charge is 0.332 e. The van der Waals surface area contributed by atoms with E-state index in [2.05, 4.69) is 31.3 Å². The molecule has 172 valence electrons. The Hall–Kier alpha value is -2.56. The van der Waals surface area contributed by atoms with Gasteiger partial charge in [-0.3, -0.25) is 9.59 Å². The number of piperidine rings is 1. The van der Waals surface area contributed by atoms with Crippen LogP contribution in [0.1, 0.15) is 53.1 Å². The zero-order chi connectivity index (χ0) is 23.1. The van der Waals surface area contributed by atoms with Gasteiger partial charge in [-0.15, -0.1) is 10.2 Å². The standard InChI is InChI=1S/C20H32N6O5/c1-3-30-20(29)17(22-12(2)27)11-31-19(28)16-9-15-8-13(4-6-14(15)10-21-16)5-7-18-23-25-26-24-18/h13-17,21H,3-11H2,1-2H3,(H,22,27)(H,23,24,25,26)/t13-,14+,15-,16+,17+/m1/s1/i16D. The number of esters is 2. The maximum absolute atomic E-state index is 12.8. The van der Waals surface area contributed by atoms with Crippen LogP contribution in [0.3, 0.4) is 0 Å². The summed E-state index contributed by atoms with van der Waals surface area (Å²) in [6, 6.07) is -2.67. The number of amides is 1. The fraction of sp³-hybridized carbons (Fsp3) is 0.800. The summed E-state index contributed by atoms with van der Waals surface area (Å²) in [5.41, 5.74) is 0. The van der Waals surface area contributed by atoms with Gasteiger partial charge in [0.15, 0.2) is 11.9 Å².